The Morgan fingerprint density at radius 1 is 1.12 bits per heavy atom. The van der Waals surface area contributed by atoms with Crippen molar-refractivity contribution in [1.82, 2.24) is 4.57 Å². The van der Waals surface area contributed by atoms with Crippen LogP contribution in [-0.4, -0.2) is 23.4 Å². The number of ether oxygens (including phenoxy) is 1. The van der Waals surface area contributed by atoms with Crippen molar-refractivity contribution >= 4 is 22.9 Å². The van der Waals surface area contributed by atoms with E-state index in [1.54, 1.807) is 0 Å². The van der Waals surface area contributed by atoms with Crippen LogP contribution in [0.5, 0.6) is 0 Å². The van der Waals surface area contributed by atoms with Gasteiger partial charge in [0.25, 0.3) is 0 Å². The molecule has 2 aromatic carbocycles. The zero-order valence-corrected chi connectivity index (χ0v) is 12.6. The van der Waals surface area contributed by atoms with E-state index in [4.69, 9.17) is 4.42 Å². The number of fused-ring (bicyclic) bond motifs is 1. The van der Waals surface area contributed by atoms with Gasteiger partial charge in [-0.25, -0.2) is 14.0 Å². The van der Waals surface area contributed by atoms with Crippen LogP contribution in [0.3, 0.4) is 0 Å². The van der Waals surface area contributed by atoms with Crippen LogP contribution in [0, 0.1) is 5.82 Å². The predicted molar refractivity (Wildman–Crippen MR) is 82.5 cm³/mol. The van der Waals surface area contributed by atoms with Crippen molar-refractivity contribution in [3.8, 4) is 0 Å². The van der Waals surface area contributed by atoms with E-state index in [1.807, 2.05) is 0 Å². The number of methoxy groups -OCH3 is 1. The lowest BCUT2D eigenvalue weighted by molar-refractivity contribution is 0.0600. The molecule has 0 spiro atoms. The van der Waals surface area contributed by atoms with Crippen LogP contribution >= 0.6 is 0 Å². The number of nitrogens with zero attached hydrogens (tertiary/aromatic N) is 1. The largest absolute Gasteiger partial charge is 0.465 e. The van der Waals surface area contributed by atoms with E-state index in [2.05, 4.69) is 4.74 Å². The summed E-state index contributed by atoms with van der Waals surface area (Å²) in [5.74, 6) is -2.10. The van der Waals surface area contributed by atoms with Crippen LogP contribution in [0.15, 0.2) is 51.7 Å². The summed E-state index contributed by atoms with van der Waals surface area (Å²) in [5, 5.41) is 0. The summed E-state index contributed by atoms with van der Waals surface area (Å²) in [6.07, 6.45) is 0. The molecule has 0 unspecified atom stereocenters. The third-order valence-electron chi connectivity index (χ3n) is 3.56. The first kappa shape index (κ1) is 15.7. The van der Waals surface area contributed by atoms with Crippen LogP contribution in [0.1, 0.15) is 20.7 Å². The summed E-state index contributed by atoms with van der Waals surface area (Å²) >= 11 is 0. The van der Waals surface area contributed by atoms with Crippen LogP contribution in [0.4, 0.5) is 4.39 Å². The van der Waals surface area contributed by atoms with Crippen molar-refractivity contribution in [3.05, 3.63) is 70.0 Å². The second-order valence-electron chi connectivity index (χ2n) is 5.06. The number of oxazole rings is 1. The number of benzene rings is 2. The maximum Gasteiger partial charge on any atom is 0.420 e. The number of carbonyl (C=O) groups excluding carboxylic acids is 2. The molecule has 3 aromatic rings. The molecule has 0 saturated carbocycles. The number of Topliss-reactive ketones (excluding diaryl/α,β-unsaturated/α-hetero) is 1. The van der Waals surface area contributed by atoms with Gasteiger partial charge in [-0.15, -0.1) is 0 Å². The number of rotatable bonds is 4. The SMILES string of the molecule is COC(=O)c1ccc2c(c1)oc(=O)n2CC(=O)c1ccc(F)cc1. The average Bonchev–Trinajstić information content (AvgIpc) is 2.89. The minimum absolute atomic E-state index is 0.176. The summed E-state index contributed by atoms with van der Waals surface area (Å²) in [6, 6.07) is 9.40. The first-order chi connectivity index (χ1) is 11.5. The van der Waals surface area contributed by atoms with Gasteiger partial charge in [-0.3, -0.25) is 9.36 Å². The van der Waals surface area contributed by atoms with Gasteiger partial charge in [-0.1, -0.05) is 0 Å². The summed E-state index contributed by atoms with van der Waals surface area (Å²) < 4.78 is 23.7. The van der Waals surface area contributed by atoms with E-state index in [-0.39, 0.29) is 29.0 Å². The molecule has 122 valence electrons. The molecule has 0 amide bonds. The molecule has 0 saturated heterocycles. The van der Waals surface area contributed by atoms with Crippen molar-refractivity contribution in [2.24, 2.45) is 0 Å². The van der Waals surface area contributed by atoms with E-state index in [0.29, 0.717) is 5.52 Å². The molecule has 1 aromatic heterocycles. The lowest BCUT2D eigenvalue weighted by atomic mass is 10.1. The Labute approximate surface area is 135 Å². The fourth-order valence-corrected chi connectivity index (χ4v) is 2.33. The molecule has 0 N–H and O–H groups in total. The second kappa shape index (κ2) is 6.11. The fraction of sp³-hybridized carbons (Fsp3) is 0.118. The number of esters is 1. The van der Waals surface area contributed by atoms with Gasteiger partial charge in [-0.05, 0) is 42.5 Å². The predicted octanol–water partition coefficient (Wildman–Crippen LogP) is 2.40. The third kappa shape index (κ3) is 2.83. The molecule has 24 heavy (non-hydrogen) atoms. The highest BCUT2D eigenvalue weighted by molar-refractivity contribution is 5.97. The van der Waals surface area contributed by atoms with Gasteiger partial charge < -0.3 is 9.15 Å². The molecule has 6 nitrogen and oxygen atoms in total. The zero-order chi connectivity index (χ0) is 17.3. The van der Waals surface area contributed by atoms with Crippen LogP contribution in [-0.2, 0) is 11.3 Å². The quantitative estimate of drug-likeness (QED) is 0.542. The van der Waals surface area contributed by atoms with E-state index in [1.165, 1.54) is 49.6 Å². The van der Waals surface area contributed by atoms with Crippen molar-refractivity contribution in [2.45, 2.75) is 6.54 Å². The van der Waals surface area contributed by atoms with Crippen LogP contribution in [0.2, 0.25) is 0 Å². The Morgan fingerprint density at radius 2 is 1.79 bits per heavy atom. The Bertz CT molecular complexity index is 984. The smallest absolute Gasteiger partial charge is 0.420 e. The monoisotopic (exact) mass is 329 g/mol. The molecule has 1 heterocycles. The Hall–Kier alpha value is -3.22. The topological polar surface area (TPSA) is 78.5 Å². The molecule has 0 fully saturated rings. The first-order valence-electron chi connectivity index (χ1n) is 7.00. The summed E-state index contributed by atoms with van der Waals surface area (Å²) in [6.45, 7) is -0.255. The fourth-order valence-electron chi connectivity index (χ4n) is 2.33. The number of aromatic nitrogens is 1. The van der Waals surface area contributed by atoms with Crippen LogP contribution < -0.4 is 5.76 Å². The number of hydrogen-bond donors (Lipinski definition) is 0. The molecular formula is C17H12FNO5. The molecule has 7 heteroatoms. The summed E-state index contributed by atoms with van der Waals surface area (Å²) in [5.41, 5.74) is 1.07. The van der Waals surface area contributed by atoms with E-state index in [0.717, 1.165) is 4.57 Å². The Morgan fingerprint density at radius 3 is 2.46 bits per heavy atom. The summed E-state index contributed by atoms with van der Waals surface area (Å²) in [4.78, 5) is 35.7. The standard InChI is InChI=1S/C17H12FNO5/c1-23-16(21)11-4-7-13-15(8-11)24-17(22)19(13)9-14(20)10-2-5-12(18)6-3-10/h2-8H,9H2,1H3. The Kier molecular flexibility index (Phi) is 3.99. The highest BCUT2D eigenvalue weighted by Crippen LogP contribution is 2.16. The Balaban J connectivity index is 1.96. The van der Waals surface area contributed by atoms with Gasteiger partial charge in [0.2, 0.25) is 0 Å². The average molecular weight is 329 g/mol. The lowest BCUT2D eigenvalue weighted by Crippen LogP contribution is -2.20. The number of halogens is 1. The van der Waals surface area contributed by atoms with E-state index >= 15 is 0 Å². The van der Waals surface area contributed by atoms with Crippen LogP contribution in [0.25, 0.3) is 11.1 Å². The van der Waals surface area contributed by atoms with Gasteiger partial charge in [0.1, 0.15) is 5.82 Å². The molecule has 0 bridgehead atoms. The van der Waals surface area contributed by atoms with Gasteiger partial charge in [-0.2, -0.15) is 0 Å². The number of carbonyl (C=O) groups is 2. The highest BCUT2D eigenvalue weighted by atomic mass is 19.1. The zero-order valence-electron chi connectivity index (χ0n) is 12.6. The molecular weight excluding hydrogens is 317 g/mol. The number of ketones is 1. The summed E-state index contributed by atoms with van der Waals surface area (Å²) in [7, 11) is 1.25. The van der Waals surface area contributed by atoms with E-state index < -0.39 is 17.5 Å². The van der Waals surface area contributed by atoms with Gasteiger partial charge in [0.05, 0.1) is 24.7 Å². The highest BCUT2D eigenvalue weighted by Gasteiger charge is 2.16. The van der Waals surface area contributed by atoms with Crippen molar-refractivity contribution in [2.75, 3.05) is 7.11 Å². The lowest BCUT2D eigenvalue weighted by Gasteiger charge is -2.03. The van der Waals surface area contributed by atoms with Gasteiger partial charge in [0.15, 0.2) is 11.4 Å². The second-order valence-corrected chi connectivity index (χ2v) is 5.06. The van der Waals surface area contributed by atoms with Gasteiger partial charge >= 0.3 is 11.7 Å². The van der Waals surface area contributed by atoms with Crippen molar-refractivity contribution in [1.29, 1.82) is 0 Å². The molecule has 0 atom stereocenters. The van der Waals surface area contributed by atoms with Crippen molar-refractivity contribution < 1.29 is 23.1 Å². The molecule has 3 rings (SSSR count). The molecule has 0 aliphatic carbocycles. The molecule has 0 aliphatic heterocycles. The third-order valence-corrected chi connectivity index (χ3v) is 3.56. The molecule has 0 aliphatic rings. The maximum absolute atomic E-state index is 12.9. The van der Waals surface area contributed by atoms with Gasteiger partial charge in [0, 0.05) is 5.56 Å². The maximum atomic E-state index is 12.9. The normalized spacial score (nSPS) is 10.8. The minimum Gasteiger partial charge on any atom is -0.465 e. The first-order valence-corrected chi connectivity index (χ1v) is 7.00. The van der Waals surface area contributed by atoms with E-state index in [9.17, 15) is 18.8 Å². The minimum atomic E-state index is -0.720. The number of hydrogen-bond acceptors (Lipinski definition) is 5. The molecule has 0 radical (unpaired) electrons. The van der Waals surface area contributed by atoms with Crippen molar-refractivity contribution in [3.63, 3.8) is 0 Å².